The highest BCUT2D eigenvalue weighted by atomic mass is 79.9. The van der Waals surface area contributed by atoms with Gasteiger partial charge in [-0.05, 0) is 46.1 Å². The minimum Gasteiger partial charge on any atom is -0.352 e. The molecule has 0 aliphatic carbocycles. The van der Waals surface area contributed by atoms with Crippen molar-refractivity contribution in [2.24, 2.45) is 0 Å². The maximum absolute atomic E-state index is 13.8. The number of rotatable bonds is 4. The number of benzene rings is 1. The molecule has 1 amide bonds. The third-order valence-corrected chi connectivity index (χ3v) is 3.53. The van der Waals surface area contributed by atoms with Crippen molar-refractivity contribution >= 4 is 32.9 Å². The summed E-state index contributed by atoms with van der Waals surface area (Å²) in [6.07, 6.45) is 4.06. The van der Waals surface area contributed by atoms with Crippen LogP contribution in [-0.4, -0.2) is 32.8 Å². The lowest BCUT2D eigenvalue weighted by molar-refractivity contribution is 0.0954. The number of fused-ring (bicyclic) bond motifs is 1. The number of aromatic amines is 1. The van der Waals surface area contributed by atoms with Gasteiger partial charge in [0.1, 0.15) is 11.0 Å². The van der Waals surface area contributed by atoms with E-state index in [4.69, 9.17) is 0 Å². The SMILES string of the molecule is O=C(NCCc1cncc(Br)c1)c1cc(F)c2n[nH]nc2c1. The van der Waals surface area contributed by atoms with Crippen LogP contribution in [0, 0.1) is 5.82 Å². The largest absolute Gasteiger partial charge is 0.352 e. The first-order valence-corrected chi connectivity index (χ1v) is 7.30. The van der Waals surface area contributed by atoms with E-state index < -0.39 is 5.82 Å². The molecule has 2 heterocycles. The number of nitrogens with one attached hydrogen (secondary N) is 2. The molecule has 22 heavy (non-hydrogen) atoms. The zero-order valence-corrected chi connectivity index (χ0v) is 12.9. The zero-order chi connectivity index (χ0) is 15.5. The van der Waals surface area contributed by atoms with Gasteiger partial charge in [0, 0.05) is 29.0 Å². The quantitative estimate of drug-likeness (QED) is 0.744. The predicted octanol–water partition coefficient (Wildman–Crippen LogP) is 2.23. The Morgan fingerprint density at radius 3 is 2.95 bits per heavy atom. The van der Waals surface area contributed by atoms with Crippen LogP contribution in [0.1, 0.15) is 15.9 Å². The Morgan fingerprint density at radius 1 is 1.27 bits per heavy atom. The predicted molar refractivity (Wildman–Crippen MR) is 81.8 cm³/mol. The number of amides is 1. The minimum atomic E-state index is -0.576. The number of halogens is 2. The summed E-state index contributed by atoms with van der Waals surface area (Å²) in [6.45, 7) is 0.426. The van der Waals surface area contributed by atoms with Gasteiger partial charge in [-0.1, -0.05) is 0 Å². The van der Waals surface area contributed by atoms with Gasteiger partial charge in [-0.2, -0.15) is 15.4 Å². The molecular weight excluding hydrogens is 353 g/mol. The maximum atomic E-state index is 13.8. The Balaban J connectivity index is 1.66. The van der Waals surface area contributed by atoms with E-state index in [1.54, 1.807) is 12.4 Å². The van der Waals surface area contributed by atoms with Crippen molar-refractivity contribution in [3.05, 3.63) is 52.0 Å². The van der Waals surface area contributed by atoms with Crippen molar-refractivity contribution in [3.63, 3.8) is 0 Å². The maximum Gasteiger partial charge on any atom is 0.251 e. The summed E-state index contributed by atoms with van der Waals surface area (Å²) in [5.41, 5.74) is 1.65. The first-order valence-electron chi connectivity index (χ1n) is 6.51. The van der Waals surface area contributed by atoms with Crippen molar-refractivity contribution in [2.45, 2.75) is 6.42 Å². The second-order valence-corrected chi connectivity index (χ2v) is 5.58. The average molecular weight is 364 g/mol. The Labute approximate surface area is 133 Å². The highest BCUT2D eigenvalue weighted by Crippen LogP contribution is 2.15. The number of hydrogen-bond donors (Lipinski definition) is 2. The Hall–Kier alpha value is -2.35. The number of aromatic nitrogens is 4. The summed E-state index contributed by atoms with van der Waals surface area (Å²) in [4.78, 5) is 16.1. The number of carbonyl (C=O) groups excluding carboxylic acids is 1. The molecule has 0 aliphatic heterocycles. The van der Waals surface area contributed by atoms with Crippen molar-refractivity contribution in [1.29, 1.82) is 0 Å². The lowest BCUT2D eigenvalue weighted by Crippen LogP contribution is -2.25. The summed E-state index contributed by atoms with van der Waals surface area (Å²) in [5, 5.41) is 12.5. The molecule has 0 atom stereocenters. The molecule has 0 radical (unpaired) electrons. The molecule has 0 bridgehead atoms. The van der Waals surface area contributed by atoms with Crippen LogP contribution in [0.5, 0.6) is 0 Å². The van der Waals surface area contributed by atoms with E-state index in [2.05, 4.69) is 41.6 Å². The first-order chi connectivity index (χ1) is 10.6. The molecule has 0 spiro atoms. The Kier molecular flexibility index (Phi) is 4.10. The highest BCUT2D eigenvalue weighted by molar-refractivity contribution is 9.10. The van der Waals surface area contributed by atoms with Gasteiger partial charge in [0.15, 0.2) is 5.82 Å². The average Bonchev–Trinajstić information content (AvgIpc) is 2.96. The lowest BCUT2D eigenvalue weighted by atomic mass is 10.1. The van der Waals surface area contributed by atoms with Crippen molar-refractivity contribution < 1.29 is 9.18 Å². The van der Waals surface area contributed by atoms with Gasteiger partial charge < -0.3 is 5.32 Å². The van der Waals surface area contributed by atoms with Gasteiger partial charge in [0.05, 0.1) is 0 Å². The van der Waals surface area contributed by atoms with Crippen LogP contribution in [0.3, 0.4) is 0 Å². The van der Waals surface area contributed by atoms with Crippen molar-refractivity contribution in [2.75, 3.05) is 6.54 Å². The molecule has 1 aromatic carbocycles. The molecule has 0 aliphatic rings. The van der Waals surface area contributed by atoms with Gasteiger partial charge in [-0.3, -0.25) is 9.78 Å². The van der Waals surface area contributed by atoms with Crippen LogP contribution in [0.2, 0.25) is 0 Å². The second kappa shape index (κ2) is 6.18. The second-order valence-electron chi connectivity index (χ2n) is 4.67. The summed E-state index contributed by atoms with van der Waals surface area (Å²) >= 11 is 3.34. The topological polar surface area (TPSA) is 83.6 Å². The zero-order valence-electron chi connectivity index (χ0n) is 11.3. The number of nitrogens with zero attached hydrogens (tertiary/aromatic N) is 3. The van der Waals surface area contributed by atoms with Gasteiger partial charge in [-0.15, -0.1) is 0 Å². The van der Waals surface area contributed by atoms with Crippen LogP contribution in [0.25, 0.3) is 11.0 Å². The molecule has 3 aromatic rings. The molecular formula is C14H11BrFN5O. The molecule has 2 aromatic heterocycles. The molecule has 3 rings (SSSR count). The van der Waals surface area contributed by atoms with Crippen LogP contribution in [-0.2, 0) is 6.42 Å². The van der Waals surface area contributed by atoms with E-state index >= 15 is 0 Å². The van der Waals surface area contributed by atoms with Crippen molar-refractivity contribution in [3.8, 4) is 0 Å². The van der Waals surface area contributed by atoms with E-state index in [0.29, 0.717) is 18.5 Å². The van der Waals surface area contributed by atoms with E-state index in [-0.39, 0.29) is 17.0 Å². The van der Waals surface area contributed by atoms with Crippen LogP contribution in [0.4, 0.5) is 4.39 Å². The monoisotopic (exact) mass is 363 g/mol. The first kappa shape index (κ1) is 14.6. The molecule has 0 fully saturated rings. The Morgan fingerprint density at radius 2 is 2.14 bits per heavy atom. The number of carbonyl (C=O) groups is 1. The third kappa shape index (κ3) is 3.11. The molecule has 0 saturated carbocycles. The Bertz CT molecular complexity index is 835. The fraction of sp³-hybridized carbons (Fsp3) is 0.143. The van der Waals surface area contributed by atoms with Gasteiger partial charge >= 0.3 is 0 Å². The third-order valence-electron chi connectivity index (χ3n) is 3.10. The summed E-state index contributed by atoms with van der Waals surface area (Å²) in [6, 6.07) is 4.58. The molecule has 112 valence electrons. The highest BCUT2D eigenvalue weighted by Gasteiger charge is 2.12. The lowest BCUT2D eigenvalue weighted by Gasteiger charge is -2.06. The molecule has 2 N–H and O–H groups in total. The van der Waals surface area contributed by atoms with Crippen LogP contribution < -0.4 is 5.32 Å². The normalized spacial score (nSPS) is 10.8. The van der Waals surface area contributed by atoms with Crippen molar-refractivity contribution in [1.82, 2.24) is 25.7 Å². The fourth-order valence-electron chi connectivity index (χ4n) is 2.06. The molecule has 0 saturated heterocycles. The van der Waals surface area contributed by atoms with E-state index in [9.17, 15) is 9.18 Å². The van der Waals surface area contributed by atoms with Gasteiger partial charge in [0.2, 0.25) is 0 Å². The minimum absolute atomic E-state index is 0.122. The smallest absolute Gasteiger partial charge is 0.251 e. The van der Waals surface area contributed by atoms with Crippen LogP contribution in [0.15, 0.2) is 35.1 Å². The van der Waals surface area contributed by atoms with E-state index in [0.717, 1.165) is 16.1 Å². The number of H-pyrrole nitrogens is 1. The molecule has 8 heteroatoms. The summed E-state index contributed by atoms with van der Waals surface area (Å²) < 4.78 is 14.6. The number of hydrogen-bond acceptors (Lipinski definition) is 4. The summed E-state index contributed by atoms with van der Waals surface area (Å²) in [5.74, 6) is -0.931. The number of pyridine rings is 1. The van der Waals surface area contributed by atoms with E-state index in [1.165, 1.54) is 6.07 Å². The standard InChI is InChI=1S/C14H11BrFN5O/c15-10-3-8(6-17-7-10)1-2-18-14(22)9-4-11(16)13-12(5-9)19-21-20-13/h3-7H,1-2H2,(H,18,22)(H,19,20,21). The summed E-state index contributed by atoms with van der Waals surface area (Å²) in [7, 11) is 0. The van der Waals surface area contributed by atoms with E-state index in [1.807, 2.05) is 6.07 Å². The molecule has 0 unspecified atom stereocenters. The van der Waals surface area contributed by atoms with Crippen LogP contribution >= 0.6 is 15.9 Å². The molecule has 6 nitrogen and oxygen atoms in total. The van der Waals surface area contributed by atoms with Gasteiger partial charge in [0.25, 0.3) is 5.91 Å². The fourth-order valence-corrected chi connectivity index (χ4v) is 2.47. The van der Waals surface area contributed by atoms with Gasteiger partial charge in [-0.25, -0.2) is 4.39 Å².